The van der Waals surface area contributed by atoms with E-state index in [0.717, 1.165) is 18.4 Å². The molecule has 0 aliphatic rings. The Morgan fingerprint density at radius 3 is 2.28 bits per heavy atom. The molecule has 0 aromatic heterocycles. The third-order valence-electron chi connectivity index (χ3n) is 6.45. The zero-order chi connectivity index (χ0) is 28.0. The van der Waals surface area contributed by atoms with Crippen molar-refractivity contribution in [2.75, 3.05) is 30.4 Å². The Bertz CT molecular complexity index is 1230. The highest BCUT2D eigenvalue weighted by Crippen LogP contribution is 2.30. The molecule has 0 unspecified atom stereocenters. The Morgan fingerprint density at radius 2 is 1.56 bits per heavy atom. The number of hydrogen-bond donors (Lipinski definition) is 2. The van der Waals surface area contributed by atoms with Crippen LogP contribution in [0.3, 0.4) is 0 Å². The van der Waals surface area contributed by atoms with Crippen LogP contribution in [0.2, 0.25) is 0 Å². The first-order valence-electron chi connectivity index (χ1n) is 13.2. The molecule has 0 spiro atoms. The van der Waals surface area contributed by atoms with Gasteiger partial charge in [0.25, 0.3) is 0 Å². The average molecular weight is 532 g/mol. The van der Waals surface area contributed by atoms with Gasteiger partial charge in [-0.05, 0) is 41.3 Å². The van der Waals surface area contributed by atoms with Gasteiger partial charge in [0.2, 0.25) is 5.91 Å². The Morgan fingerprint density at radius 1 is 0.872 bits per heavy atom. The zero-order valence-electron chi connectivity index (χ0n) is 22.8. The second-order valence-electron chi connectivity index (χ2n) is 9.19. The largest absolute Gasteiger partial charge is 0.487 e. The zero-order valence-corrected chi connectivity index (χ0v) is 22.8. The van der Waals surface area contributed by atoms with Crippen LogP contribution in [0, 0.1) is 5.92 Å². The van der Waals surface area contributed by atoms with E-state index in [1.165, 1.54) is 7.11 Å². The number of nitrogens with one attached hydrogen (secondary N) is 2. The molecular formula is C31H37N3O5. The number of benzene rings is 3. The summed E-state index contributed by atoms with van der Waals surface area (Å²) in [5, 5.41) is 5.39. The fourth-order valence-electron chi connectivity index (χ4n) is 4.10. The molecule has 0 aliphatic carbocycles. The van der Waals surface area contributed by atoms with Crippen molar-refractivity contribution in [1.82, 2.24) is 5.32 Å². The van der Waals surface area contributed by atoms with Crippen molar-refractivity contribution >= 4 is 29.3 Å². The first kappa shape index (κ1) is 29.2. The highest BCUT2D eigenvalue weighted by Gasteiger charge is 2.23. The molecule has 0 fully saturated rings. The summed E-state index contributed by atoms with van der Waals surface area (Å²) in [4.78, 5) is 39.4. The molecule has 0 saturated carbocycles. The molecule has 3 aromatic carbocycles. The lowest BCUT2D eigenvalue weighted by Gasteiger charge is -2.28. The predicted molar refractivity (Wildman–Crippen MR) is 153 cm³/mol. The summed E-state index contributed by atoms with van der Waals surface area (Å²) in [6.07, 6.45) is 1.94. The first-order valence-corrected chi connectivity index (χ1v) is 13.2. The molecule has 0 aliphatic heterocycles. The van der Waals surface area contributed by atoms with Crippen LogP contribution in [0.25, 0.3) is 0 Å². The fraction of sp³-hybridized carbons (Fsp3) is 0.323. The second kappa shape index (κ2) is 15.2. The topological polar surface area (TPSA) is 97.0 Å². The number of carbonyl (C=O) groups excluding carboxylic acids is 3. The summed E-state index contributed by atoms with van der Waals surface area (Å²) in [6.45, 7) is 4.90. The molecule has 0 heterocycles. The summed E-state index contributed by atoms with van der Waals surface area (Å²) >= 11 is 0. The fourth-order valence-corrected chi connectivity index (χ4v) is 4.10. The van der Waals surface area contributed by atoms with Crippen molar-refractivity contribution in [3.05, 3.63) is 90.0 Å². The number of amides is 3. The quantitative estimate of drug-likeness (QED) is 0.281. The smallest absolute Gasteiger partial charge is 0.319 e. The number of nitrogens with zero attached hydrogens (tertiary/aromatic N) is 1. The molecule has 3 aromatic rings. The van der Waals surface area contributed by atoms with Crippen LogP contribution in [-0.4, -0.2) is 38.1 Å². The molecular weight excluding hydrogens is 494 g/mol. The summed E-state index contributed by atoms with van der Waals surface area (Å²) in [7, 11) is 1.33. The van der Waals surface area contributed by atoms with Gasteiger partial charge in [0.1, 0.15) is 12.4 Å². The minimum atomic E-state index is -0.519. The van der Waals surface area contributed by atoms with Gasteiger partial charge in [-0.1, -0.05) is 81.3 Å². The monoisotopic (exact) mass is 531 g/mol. The van der Waals surface area contributed by atoms with E-state index in [0.29, 0.717) is 41.8 Å². The van der Waals surface area contributed by atoms with E-state index in [2.05, 4.69) is 24.5 Å². The maximum absolute atomic E-state index is 13.5. The van der Waals surface area contributed by atoms with Crippen LogP contribution in [0.15, 0.2) is 78.9 Å². The molecule has 0 atom stereocenters. The highest BCUT2D eigenvalue weighted by atomic mass is 16.5. The van der Waals surface area contributed by atoms with Crippen molar-refractivity contribution < 1.29 is 23.9 Å². The van der Waals surface area contributed by atoms with Crippen LogP contribution in [0.5, 0.6) is 5.75 Å². The van der Waals surface area contributed by atoms with Crippen molar-refractivity contribution in [2.24, 2.45) is 5.92 Å². The van der Waals surface area contributed by atoms with Gasteiger partial charge in [0.05, 0.1) is 25.8 Å². The standard InChI is InChI=1S/C31H37N3O5/c1-4-23(5-2)21-34(27-16-9-10-17-28(27)39-22-24-12-7-6-8-13-24)29(35)20-32-31(37)33-26-15-11-14-25(18-26)19-30(36)38-3/h6-18,23H,4-5,19-22H2,1-3H3,(H2,32,33,37). The van der Waals surface area contributed by atoms with E-state index in [-0.39, 0.29) is 24.8 Å². The summed E-state index contributed by atoms with van der Waals surface area (Å²) in [5.74, 6) is 0.287. The number of carbonyl (C=O) groups is 3. The maximum Gasteiger partial charge on any atom is 0.319 e. The summed E-state index contributed by atoms with van der Waals surface area (Å²) < 4.78 is 10.8. The van der Waals surface area contributed by atoms with E-state index in [1.54, 1.807) is 29.2 Å². The third kappa shape index (κ3) is 9.17. The first-order chi connectivity index (χ1) is 18.9. The summed E-state index contributed by atoms with van der Waals surface area (Å²) in [6, 6.07) is 23.7. The van der Waals surface area contributed by atoms with Gasteiger partial charge in [0, 0.05) is 12.2 Å². The molecule has 0 radical (unpaired) electrons. The normalized spacial score (nSPS) is 10.6. The van der Waals surface area contributed by atoms with Gasteiger partial charge in [-0.15, -0.1) is 0 Å². The number of rotatable bonds is 13. The highest BCUT2D eigenvalue weighted by molar-refractivity contribution is 5.99. The molecule has 0 saturated heterocycles. The van der Waals surface area contributed by atoms with E-state index in [1.807, 2.05) is 54.6 Å². The minimum absolute atomic E-state index is 0.100. The van der Waals surface area contributed by atoms with Gasteiger partial charge in [-0.25, -0.2) is 4.79 Å². The number of para-hydroxylation sites is 2. The average Bonchev–Trinajstić information content (AvgIpc) is 2.96. The number of urea groups is 1. The molecule has 2 N–H and O–H groups in total. The minimum Gasteiger partial charge on any atom is -0.487 e. The van der Waals surface area contributed by atoms with Crippen molar-refractivity contribution in [3.8, 4) is 5.75 Å². The number of methoxy groups -OCH3 is 1. The maximum atomic E-state index is 13.5. The predicted octanol–water partition coefficient (Wildman–Crippen LogP) is 5.57. The Labute approximate surface area is 230 Å². The molecule has 0 bridgehead atoms. The van der Waals surface area contributed by atoms with Gasteiger partial charge in [0.15, 0.2) is 0 Å². The van der Waals surface area contributed by atoms with Crippen molar-refractivity contribution in [1.29, 1.82) is 0 Å². The van der Waals surface area contributed by atoms with E-state index >= 15 is 0 Å². The number of anilines is 2. The van der Waals surface area contributed by atoms with Crippen LogP contribution < -0.4 is 20.3 Å². The Kier molecular flexibility index (Phi) is 11.4. The molecule has 39 heavy (non-hydrogen) atoms. The van der Waals surface area contributed by atoms with Crippen molar-refractivity contribution in [2.45, 2.75) is 39.7 Å². The lowest BCUT2D eigenvalue weighted by Crippen LogP contribution is -2.43. The van der Waals surface area contributed by atoms with Crippen LogP contribution in [0.4, 0.5) is 16.2 Å². The lowest BCUT2D eigenvalue weighted by molar-refractivity contribution is -0.139. The van der Waals surface area contributed by atoms with Gasteiger partial charge in [-0.3, -0.25) is 9.59 Å². The molecule has 8 nitrogen and oxygen atoms in total. The molecule has 206 valence electrons. The molecule has 3 amide bonds. The number of hydrogen-bond acceptors (Lipinski definition) is 5. The van der Waals surface area contributed by atoms with E-state index < -0.39 is 6.03 Å². The third-order valence-corrected chi connectivity index (χ3v) is 6.45. The van der Waals surface area contributed by atoms with Gasteiger partial charge >= 0.3 is 12.0 Å². The summed E-state index contributed by atoms with van der Waals surface area (Å²) in [5.41, 5.74) is 2.91. The second-order valence-corrected chi connectivity index (χ2v) is 9.19. The number of esters is 1. The molecule has 3 rings (SSSR count). The van der Waals surface area contributed by atoms with E-state index in [9.17, 15) is 14.4 Å². The Balaban J connectivity index is 1.70. The molecule has 8 heteroatoms. The SMILES string of the molecule is CCC(CC)CN(C(=O)CNC(=O)Nc1cccc(CC(=O)OC)c1)c1ccccc1OCc1ccccc1. The lowest BCUT2D eigenvalue weighted by atomic mass is 10.0. The van der Waals surface area contributed by atoms with Gasteiger partial charge in [-0.2, -0.15) is 0 Å². The number of ether oxygens (including phenoxy) is 2. The van der Waals surface area contributed by atoms with E-state index in [4.69, 9.17) is 9.47 Å². The van der Waals surface area contributed by atoms with Crippen molar-refractivity contribution in [3.63, 3.8) is 0 Å². The van der Waals surface area contributed by atoms with Gasteiger partial charge < -0.3 is 25.0 Å². The van der Waals surface area contributed by atoms with Crippen LogP contribution in [0.1, 0.15) is 37.8 Å². The van der Waals surface area contributed by atoms with Crippen LogP contribution >= 0.6 is 0 Å². The van der Waals surface area contributed by atoms with Crippen LogP contribution in [-0.2, 0) is 27.4 Å². The Hall–Kier alpha value is -4.33.